The van der Waals surface area contributed by atoms with Gasteiger partial charge in [0.2, 0.25) is 11.8 Å². The summed E-state index contributed by atoms with van der Waals surface area (Å²) in [7, 11) is 0. The maximum absolute atomic E-state index is 12.3. The van der Waals surface area contributed by atoms with E-state index in [2.05, 4.69) is 22.9 Å². The van der Waals surface area contributed by atoms with Crippen LogP contribution in [0.3, 0.4) is 0 Å². The van der Waals surface area contributed by atoms with Crippen LogP contribution in [-0.4, -0.2) is 17.9 Å². The topological polar surface area (TPSA) is 70.2 Å². The van der Waals surface area contributed by atoms with Crippen LogP contribution in [0.15, 0.2) is 48.5 Å². The van der Waals surface area contributed by atoms with Gasteiger partial charge in [0, 0.05) is 24.0 Å². The summed E-state index contributed by atoms with van der Waals surface area (Å²) in [6, 6.07) is 14.7. The molecular weight excluding hydrogens is 302 g/mol. The number of nitrogens with one attached hydrogen (secondary N) is 3. The number of aryl methyl sites for hydroxylation is 1. The predicted octanol–water partition coefficient (Wildman–Crippen LogP) is 3.65. The number of rotatable bonds is 6. The molecule has 0 heterocycles. The summed E-state index contributed by atoms with van der Waals surface area (Å²) in [6.45, 7) is 5.36. The van der Waals surface area contributed by atoms with Gasteiger partial charge in [0.25, 0.3) is 0 Å². The molecule has 2 aromatic rings. The lowest BCUT2D eigenvalue weighted by Crippen LogP contribution is -2.31. The van der Waals surface area contributed by atoms with Gasteiger partial charge in [0.1, 0.15) is 6.04 Å². The Labute approximate surface area is 142 Å². The van der Waals surface area contributed by atoms with Crippen LogP contribution in [0.2, 0.25) is 0 Å². The third kappa shape index (κ3) is 5.12. The Kier molecular flexibility index (Phi) is 5.95. The van der Waals surface area contributed by atoms with Crippen LogP contribution in [0.25, 0.3) is 0 Å². The zero-order chi connectivity index (χ0) is 17.5. The standard InChI is InChI=1S/C19H23N3O2/c1-4-15-5-7-18(8-6-15)22-19(24)13(2)20-16-9-11-17(12-10-16)21-14(3)23/h5-13,20H,4H2,1-3H3,(H,21,23)(H,22,24). The van der Waals surface area contributed by atoms with Crippen LogP contribution in [0.5, 0.6) is 0 Å². The number of carbonyl (C=O) groups excluding carboxylic acids is 2. The van der Waals surface area contributed by atoms with Gasteiger partial charge in [-0.25, -0.2) is 0 Å². The monoisotopic (exact) mass is 325 g/mol. The van der Waals surface area contributed by atoms with Crippen molar-refractivity contribution in [3.05, 3.63) is 54.1 Å². The minimum absolute atomic E-state index is 0.106. The van der Waals surface area contributed by atoms with Crippen molar-refractivity contribution in [2.45, 2.75) is 33.2 Å². The largest absolute Gasteiger partial charge is 0.374 e. The first-order valence-corrected chi connectivity index (χ1v) is 8.02. The van der Waals surface area contributed by atoms with Crippen LogP contribution >= 0.6 is 0 Å². The third-order valence-corrected chi connectivity index (χ3v) is 3.61. The van der Waals surface area contributed by atoms with Crippen molar-refractivity contribution in [1.29, 1.82) is 0 Å². The van der Waals surface area contributed by atoms with E-state index in [1.165, 1.54) is 12.5 Å². The van der Waals surface area contributed by atoms with E-state index in [1.807, 2.05) is 36.4 Å². The number of benzene rings is 2. The molecule has 0 bridgehead atoms. The number of carbonyl (C=O) groups is 2. The molecule has 1 unspecified atom stereocenters. The van der Waals surface area contributed by atoms with Gasteiger partial charge in [0.15, 0.2) is 0 Å². The zero-order valence-corrected chi connectivity index (χ0v) is 14.2. The molecule has 0 aliphatic carbocycles. The minimum Gasteiger partial charge on any atom is -0.374 e. The summed E-state index contributed by atoms with van der Waals surface area (Å²) < 4.78 is 0. The first-order chi connectivity index (χ1) is 11.5. The minimum atomic E-state index is -0.387. The molecule has 0 spiro atoms. The maximum atomic E-state index is 12.3. The molecule has 2 aromatic carbocycles. The summed E-state index contributed by atoms with van der Waals surface area (Å²) in [5.41, 5.74) is 3.56. The first-order valence-electron chi connectivity index (χ1n) is 8.02. The first kappa shape index (κ1) is 17.5. The normalized spacial score (nSPS) is 11.5. The maximum Gasteiger partial charge on any atom is 0.246 e. The van der Waals surface area contributed by atoms with Crippen LogP contribution < -0.4 is 16.0 Å². The molecule has 5 nitrogen and oxygen atoms in total. The molecule has 1 atom stereocenters. The van der Waals surface area contributed by atoms with Crippen LogP contribution in [0.1, 0.15) is 26.3 Å². The Morgan fingerprint density at radius 2 is 1.38 bits per heavy atom. The van der Waals surface area contributed by atoms with Gasteiger partial charge in [-0.3, -0.25) is 9.59 Å². The van der Waals surface area contributed by atoms with Crippen molar-refractivity contribution in [1.82, 2.24) is 0 Å². The summed E-state index contributed by atoms with van der Waals surface area (Å²) in [6.07, 6.45) is 0.973. The second kappa shape index (κ2) is 8.15. The van der Waals surface area contributed by atoms with Crippen LogP contribution in [0.4, 0.5) is 17.1 Å². The molecule has 0 radical (unpaired) electrons. The lowest BCUT2D eigenvalue weighted by molar-refractivity contribution is -0.116. The lowest BCUT2D eigenvalue weighted by atomic mass is 10.1. The van der Waals surface area contributed by atoms with Gasteiger partial charge >= 0.3 is 0 Å². The Morgan fingerprint density at radius 3 is 1.92 bits per heavy atom. The predicted molar refractivity (Wildman–Crippen MR) is 98.3 cm³/mol. The molecule has 24 heavy (non-hydrogen) atoms. The highest BCUT2D eigenvalue weighted by molar-refractivity contribution is 5.96. The van der Waals surface area contributed by atoms with Crippen LogP contribution in [0, 0.1) is 0 Å². The smallest absolute Gasteiger partial charge is 0.246 e. The molecule has 0 aliphatic rings. The molecular formula is C19H23N3O2. The quantitative estimate of drug-likeness (QED) is 0.759. The van der Waals surface area contributed by atoms with E-state index in [1.54, 1.807) is 19.1 Å². The van der Waals surface area contributed by atoms with E-state index in [9.17, 15) is 9.59 Å². The average Bonchev–Trinajstić information content (AvgIpc) is 2.56. The average molecular weight is 325 g/mol. The van der Waals surface area contributed by atoms with Crippen molar-refractivity contribution in [2.75, 3.05) is 16.0 Å². The molecule has 5 heteroatoms. The summed E-state index contributed by atoms with van der Waals surface area (Å²) in [5, 5.41) is 8.74. The highest BCUT2D eigenvalue weighted by Gasteiger charge is 2.12. The number of hydrogen-bond donors (Lipinski definition) is 3. The van der Waals surface area contributed by atoms with Gasteiger partial charge in [-0.05, 0) is 55.3 Å². The van der Waals surface area contributed by atoms with Crippen molar-refractivity contribution >= 4 is 28.9 Å². The van der Waals surface area contributed by atoms with E-state index in [4.69, 9.17) is 0 Å². The van der Waals surface area contributed by atoms with E-state index in [-0.39, 0.29) is 17.9 Å². The molecule has 126 valence electrons. The Bertz CT molecular complexity index is 694. The highest BCUT2D eigenvalue weighted by Crippen LogP contribution is 2.15. The second-order valence-electron chi connectivity index (χ2n) is 5.66. The summed E-state index contributed by atoms with van der Waals surface area (Å²) >= 11 is 0. The summed E-state index contributed by atoms with van der Waals surface area (Å²) in [5.74, 6) is -0.220. The van der Waals surface area contributed by atoms with Gasteiger partial charge in [0.05, 0.1) is 0 Å². The zero-order valence-electron chi connectivity index (χ0n) is 14.2. The molecule has 0 fully saturated rings. The van der Waals surface area contributed by atoms with Gasteiger partial charge in [-0.2, -0.15) is 0 Å². The summed E-state index contributed by atoms with van der Waals surface area (Å²) in [4.78, 5) is 23.3. The van der Waals surface area contributed by atoms with Crippen molar-refractivity contribution in [3.8, 4) is 0 Å². The molecule has 2 amide bonds. The molecule has 2 rings (SSSR count). The molecule has 0 aromatic heterocycles. The van der Waals surface area contributed by atoms with Crippen molar-refractivity contribution in [2.24, 2.45) is 0 Å². The lowest BCUT2D eigenvalue weighted by Gasteiger charge is -2.16. The van der Waals surface area contributed by atoms with Gasteiger partial charge in [-0.15, -0.1) is 0 Å². The highest BCUT2D eigenvalue weighted by atomic mass is 16.2. The Morgan fingerprint density at radius 1 is 0.875 bits per heavy atom. The Hall–Kier alpha value is -2.82. The van der Waals surface area contributed by atoms with Crippen molar-refractivity contribution in [3.63, 3.8) is 0 Å². The SMILES string of the molecule is CCc1ccc(NC(=O)C(C)Nc2ccc(NC(C)=O)cc2)cc1. The Balaban J connectivity index is 1.91. The molecule has 0 saturated heterocycles. The van der Waals surface area contributed by atoms with Crippen molar-refractivity contribution < 1.29 is 9.59 Å². The number of anilines is 3. The van der Waals surface area contributed by atoms with E-state index in [0.717, 1.165) is 23.5 Å². The third-order valence-electron chi connectivity index (χ3n) is 3.61. The van der Waals surface area contributed by atoms with Gasteiger partial charge in [-0.1, -0.05) is 19.1 Å². The number of amides is 2. The van der Waals surface area contributed by atoms with Crippen LogP contribution in [-0.2, 0) is 16.0 Å². The van der Waals surface area contributed by atoms with E-state index in [0.29, 0.717) is 0 Å². The van der Waals surface area contributed by atoms with Gasteiger partial charge < -0.3 is 16.0 Å². The number of hydrogen-bond acceptors (Lipinski definition) is 3. The fraction of sp³-hybridized carbons (Fsp3) is 0.263. The molecule has 3 N–H and O–H groups in total. The molecule has 0 saturated carbocycles. The second-order valence-corrected chi connectivity index (χ2v) is 5.66. The fourth-order valence-corrected chi connectivity index (χ4v) is 2.24. The van der Waals surface area contributed by atoms with E-state index >= 15 is 0 Å². The fourth-order valence-electron chi connectivity index (χ4n) is 2.24. The van der Waals surface area contributed by atoms with E-state index < -0.39 is 0 Å². The molecule has 0 aliphatic heterocycles.